The summed E-state index contributed by atoms with van der Waals surface area (Å²) in [5.74, 6) is 6.53. The SMILES string of the molecule is Cc1ccc(-c2ccc(C#Cc3ccc(-c4ccc(C)cc4)cc3)cc2)cc1. The molecule has 0 bridgehead atoms. The lowest BCUT2D eigenvalue weighted by Crippen LogP contribution is -1.81. The first kappa shape index (κ1) is 17.8. The minimum Gasteiger partial charge on any atom is -0.0617 e. The van der Waals surface area contributed by atoms with Gasteiger partial charge in [-0.15, -0.1) is 0 Å². The van der Waals surface area contributed by atoms with E-state index in [1.807, 2.05) is 0 Å². The molecule has 0 spiro atoms. The Kier molecular flexibility index (Phi) is 5.09. The quantitative estimate of drug-likeness (QED) is 0.337. The fourth-order valence-electron chi connectivity index (χ4n) is 3.13. The van der Waals surface area contributed by atoms with E-state index in [9.17, 15) is 0 Å². The number of rotatable bonds is 2. The van der Waals surface area contributed by atoms with Crippen LogP contribution in [0, 0.1) is 25.7 Å². The van der Waals surface area contributed by atoms with Crippen molar-refractivity contribution in [2.24, 2.45) is 0 Å². The van der Waals surface area contributed by atoms with E-state index < -0.39 is 0 Å². The zero-order valence-electron chi connectivity index (χ0n) is 16.2. The molecule has 4 aromatic rings. The molecule has 0 aliphatic carbocycles. The van der Waals surface area contributed by atoms with Crippen LogP contribution in [0.3, 0.4) is 0 Å². The molecule has 0 aliphatic rings. The van der Waals surface area contributed by atoms with Crippen LogP contribution in [0.5, 0.6) is 0 Å². The fourth-order valence-corrected chi connectivity index (χ4v) is 3.13. The molecule has 4 rings (SSSR count). The molecular formula is C28H22. The lowest BCUT2D eigenvalue weighted by atomic mass is 10.0. The van der Waals surface area contributed by atoms with Crippen LogP contribution in [0.15, 0.2) is 97.1 Å². The van der Waals surface area contributed by atoms with Gasteiger partial charge in [-0.2, -0.15) is 0 Å². The van der Waals surface area contributed by atoms with Crippen molar-refractivity contribution in [3.63, 3.8) is 0 Å². The van der Waals surface area contributed by atoms with E-state index in [-0.39, 0.29) is 0 Å². The predicted molar refractivity (Wildman–Crippen MR) is 119 cm³/mol. The molecule has 0 saturated carbocycles. The molecule has 0 N–H and O–H groups in total. The summed E-state index contributed by atoms with van der Waals surface area (Å²) in [7, 11) is 0. The molecule has 134 valence electrons. The smallest absolute Gasteiger partial charge is 0.0249 e. The maximum Gasteiger partial charge on any atom is 0.0249 e. The van der Waals surface area contributed by atoms with Crippen molar-refractivity contribution in [2.75, 3.05) is 0 Å². The average Bonchev–Trinajstić information content (AvgIpc) is 2.74. The van der Waals surface area contributed by atoms with Gasteiger partial charge in [-0.25, -0.2) is 0 Å². The van der Waals surface area contributed by atoms with E-state index in [4.69, 9.17) is 0 Å². The van der Waals surface area contributed by atoms with Gasteiger partial charge in [-0.05, 0) is 60.4 Å². The summed E-state index contributed by atoms with van der Waals surface area (Å²) < 4.78 is 0. The second-order valence-corrected chi connectivity index (χ2v) is 7.14. The molecule has 0 aromatic heterocycles. The molecule has 0 fully saturated rings. The number of hydrogen-bond acceptors (Lipinski definition) is 0. The van der Waals surface area contributed by atoms with Crippen molar-refractivity contribution < 1.29 is 0 Å². The van der Waals surface area contributed by atoms with E-state index in [1.54, 1.807) is 0 Å². The first-order valence-electron chi connectivity index (χ1n) is 9.54. The highest BCUT2D eigenvalue weighted by molar-refractivity contribution is 5.66. The summed E-state index contributed by atoms with van der Waals surface area (Å²) in [4.78, 5) is 0. The predicted octanol–water partition coefficient (Wildman–Crippen LogP) is 7.04. The summed E-state index contributed by atoms with van der Waals surface area (Å²) in [6.07, 6.45) is 0. The topological polar surface area (TPSA) is 0 Å². The lowest BCUT2D eigenvalue weighted by Gasteiger charge is -2.03. The van der Waals surface area contributed by atoms with Crippen molar-refractivity contribution in [3.8, 4) is 34.1 Å². The molecule has 0 nitrogen and oxygen atoms in total. The fraction of sp³-hybridized carbons (Fsp3) is 0.0714. The zero-order valence-corrected chi connectivity index (χ0v) is 16.2. The van der Waals surface area contributed by atoms with Gasteiger partial charge < -0.3 is 0 Å². The minimum absolute atomic E-state index is 1.03. The maximum atomic E-state index is 3.27. The summed E-state index contributed by atoms with van der Waals surface area (Å²) >= 11 is 0. The third-order valence-corrected chi connectivity index (χ3v) is 4.89. The van der Waals surface area contributed by atoms with Crippen LogP contribution >= 0.6 is 0 Å². The molecule has 0 amide bonds. The molecule has 28 heavy (non-hydrogen) atoms. The van der Waals surface area contributed by atoms with Crippen LogP contribution in [-0.4, -0.2) is 0 Å². The van der Waals surface area contributed by atoms with Crippen LogP contribution in [0.4, 0.5) is 0 Å². The van der Waals surface area contributed by atoms with Gasteiger partial charge in [0.2, 0.25) is 0 Å². The lowest BCUT2D eigenvalue weighted by molar-refractivity contribution is 1.47. The highest BCUT2D eigenvalue weighted by Crippen LogP contribution is 2.21. The largest absolute Gasteiger partial charge is 0.0617 e. The summed E-state index contributed by atoms with van der Waals surface area (Å²) in [6, 6.07) is 34.1. The van der Waals surface area contributed by atoms with Crippen LogP contribution < -0.4 is 0 Å². The standard InChI is InChI=1S/C28H22/c1-21-3-13-25(14-4-21)27-17-9-23(10-18-27)7-8-24-11-19-28(20-12-24)26-15-5-22(2)6-16-26/h3-6,9-20H,1-2H3. The number of hydrogen-bond donors (Lipinski definition) is 0. The van der Waals surface area contributed by atoms with Crippen molar-refractivity contribution in [3.05, 3.63) is 119 Å². The van der Waals surface area contributed by atoms with Crippen LogP contribution in [0.2, 0.25) is 0 Å². The summed E-state index contributed by atoms with van der Waals surface area (Å²) in [5.41, 5.74) is 9.51. The van der Waals surface area contributed by atoms with Crippen LogP contribution in [0.25, 0.3) is 22.3 Å². The molecule has 0 aliphatic heterocycles. The van der Waals surface area contributed by atoms with Crippen molar-refractivity contribution in [2.45, 2.75) is 13.8 Å². The molecule has 0 atom stereocenters. The van der Waals surface area contributed by atoms with Crippen molar-refractivity contribution >= 4 is 0 Å². The molecule has 0 radical (unpaired) electrons. The van der Waals surface area contributed by atoms with Crippen LogP contribution in [-0.2, 0) is 0 Å². The second-order valence-electron chi connectivity index (χ2n) is 7.14. The van der Waals surface area contributed by atoms with E-state index in [0.29, 0.717) is 0 Å². The first-order chi connectivity index (χ1) is 13.7. The van der Waals surface area contributed by atoms with Gasteiger partial charge in [0.1, 0.15) is 0 Å². The Morgan fingerprint density at radius 3 is 0.893 bits per heavy atom. The Hall–Kier alpha value is -3.56. The Morgan fingerprint density at radius 2 is 0.607 bits per heavy atom. The molecule has 0 heteroatoms. The van der Waals surface area contributed by atoms with Gasteiger partial charge in [0.05, 0.1) is 0 Å². The van der Waals surface area contributed by atoms with E-state index in [0.717, 1.165) is 11.1 Å². The minimum atomic E-state index is 1.03. The molecule has 0 unspecified atom stereocenters. The number of benzene rings is 4. The van der Waals surface area contributed by atoms with Gasteiger partial charge in [0.15, 0.2) is 0 Å². The highest BCUT2D eigenvalue weighted by Gasteiger charge is 1.98. The zero-order chi connectivity index (χ0) is 19.3. The number of aryl methyl sites for hydroxylation is 2. The van der Waals surface area contributed by atoms with Gasteiger partial charge >= 0.3 is 0 Å². The molecular weight excluding hydrogens is 336 g/mol. The van der Waals surface area contributed by atoms with E-state index in [2.05, 4.69) is 123 Å². The molecule has 0 heterocycles. The Morgan fingerprint density at radius 1 is 0.357 bits per heavy atom. The highest BCUT2D eigenvalue weighted by atomic mass is 14.0. The molecule has 4 aromatic carbocycles. The van der Waals surface area contributed by atoms with Crippen molar-refractivity contribution in [1.82, 2.24) is 0 Å². The summed E-state index contributed by atoms with van der Waals surface area (Å²) in [6.45, 7) is 4.21. The normalized spacial score (nSPS) is 10.2. The maximum absolute atomic E-state index is 3.27. The third kappa shape index (κ3) is 4.22. The van der Waals surface area contributed by atoms with Gasteiger partial charge in [-0.3, -0.25) is 0 Å². The van der Waals surface area contributed by atoms with Gasteiger partial charge in [0.25, 0.3) is 0 Å². The Labute approximate surface area is 167 Å². The van der Waals surface area contributed by atoms with Gasteiger partial charge in [-0.1, -0.05) is 95.8 Å². The van der Waals surface area contributed by atoms with E-state index >= 15 is 0 Å². The Bertz CT molecular complexity index is 1020. The monoisotopic (exact) mass is 358 g/mol. The van der Waals surface area contributed by atoms with Crippen LogP contribution in [0.1, 0.15) is 22.3 Å². The van der Waals surface area contributed by atoms with Gasteiger partial charge in [0, 0.05) is 11.1 Å². The Balaban J connectivity index is 1.49. The van der Waals surface area contributed by atoms with Crippen molar-refractivity contribution in [1.29, 1.82) is 0 Å². The summed E-state index contributed by atoms with van der Waals surface area (Å²) in [5, 5.41) is 0. The molecule has 0 saturated heterocycles. The average molecular weight is 358 g/mol. The third-order valence-electron chi connectivity index (χ3n) is 4.89. The second kappa shape index (κ2) is 7.99. The first-order valence-corrected chi connectivity index (χ1v) is 9.54. The van der Waals surface area contributed by atoms with E-state index in [1.165, 1.54) is 33.4 Å².